The molecule has 0 heterocycles. The van der Waals surface area contributed by atoms with E-state index >= 15 is 0 Å². The maximum atomic E-state index is 8.56. The Hall–Kier alpha value is -0.230. The number of nitrogens with zero attached hydrogens (tertiary/aromatic N) is 1. The first-order valence-corrected chi connectivity index (χ1v) is 4.74. The predicted octanol–water partition coefficient (Wildman–Crippen LogP) is 3.91. The van der Waals surface area contributed by atoms with Crippen molar-refractivity contribution >= 4 is 39.1 Å². The smallest absolute Gasteiger partial charge is 0.146 e. The lowest BCUT2D eigenvalue weighted by molar-refractivity contribution is 1.20. The van der Waals surface area contributed by atoms with E-state index in [4.69, 9.17) is 28.5 Å². The second-order valence-electron chi connectivity index (χ2n) is 2.16. The van der Waals surface area contributed by atoms with E-state index in [0.29, 0.717) is 10.6 Å². The van der Waals surface area contributed by atoms with Crippen LogP contribution in [0.3, 0.4) is 0 Å². The highest BCUT2D eigenvalue weighted by Gasteiger charge is 2.10. The standard InChI is InChI=1S/C8H4BrCl2N/c9-7-2-1-5(10)3-6(7)8(11)4-12/h1-3,8H. The molecule has 0 N–H and O–H groups in total. The molecule has 0 saturated carbocycles. The SMILES string of the molecule is N#CC(Cl)c1cc(Cl)ccc1Br. The quantitative estimate of drug-likeness (QED) is 0.706. The van der Waals surface area contributed by atoms with Crippen LogP contribution in [0.5, 0.6) is 0 Å². The zero-order valence-electron chi connectivity index (χ0n) is 5.89. The lowest BCUT2D eigenvalue weighted by Gasteiger charge is -2.03. The van der Waals surface area contributed by atoms with Crippen molar-refractivity contribution in [3.8, 4) is 6.07 Å². The van der Waals surface area contributed by atoms with Gasteiger partial charge in [0.15, 0.2) is 0 Å². The Balaban J connectivity index is 3.15. The van der Waals surface area contributed by atoms with Crippen LogP contribution in [0.15, 0.2) is 22.7 Å². The summed E-state index contributed by atoms with van der Waals surface area (Å²) >= 11 is 14.7. The van der Waals surface area contributed by atoms with Crippen molar-refractivity contribution in [3.63, 3.8) is 0 Å². The van der Waals surface area contributed by atoms with Crippen LogP contribution in [0.25, 0.3) is 0 Å². The van der Waals surface area contributed by atoms with Crippen molar-refractivity contribution in [2.24, 2.45) is 0 Å². The molecule has 0 bridgehead atoms. The van der Waals surface area contributed by atoms with Crippen LogP contribution in [-0.2, 0) is 0 Å². The van der Waals surface area contributed by atoms with Crippen LogP contribution in [-0.4, -0.2) is 0 Å². The molecule has 1 aromatic carbocycles. The molecular weight excluding hydrogens is 261 g/mol. The van der Waals surface area contributed by atoms with Crippen molar-refractivity contribution in [2.75, 3.05) is 0 Å². The molecule has 0 radical (unpaired) electrons. The fraction of sp³-hybridized carbons (Fsp3) is 0.125. The average molecular weight is 265 g/mol. The van der Waals surface area contributed by atoms with Gasteiger partial charge in [0.05, 0.1) is 6.07 Å². The molecule has 0 amide bonds. The Morgan fingerprint density at radius 2 is 2.17 bits per heavy atom. The first kappa shape index (κ1) is 9.85. The van der Waals surface area contributed by atoms with Gasteiger partial charge in [-0.2, -0.15) is 5.26 Å². The Labute approximate surface area is 89.0 Å². The van der Waals surface area contributed by atoms with Crippen LogP contribution in [0.1, 0.15) is 10.9 Å². The van der Waals surface area contributed by atoms with Crippen LogP contribution >= 0.6 is 39.1 Å². The van der Waals surface area contributed by atoms with Crippen LogP contribution in [0.2, 0.25) is 5.02 Å². The van der Waals surface area contributed by atoms with Gasteiger partial charge in [0.25, 0.3) is 0 Å². The lowest BCUT2D eigenvalue weighted by Crippen LogP contribution is -1.87. The van der Waals surface area contributed by atoms with Crippen molar-refractivity contribution in [2.45, 2.75) is 5.38 Å². The summed E-state index contributed by atoms with van der Waals surface area (Å²) in [5.41, 5.74) is 0.701. The van der Waals surface area contributed by atoms with E-state index in [1.807, 2.05) is 6.07 Å². The third-order valence-electron chi connectivity index (χ3n) is 1.34. The highest BCUT2D eigenvalue weighted by Crippen LogP contribution is 2.29. The summed E-state index contributed by atoms with van der Waals surface area (Å²) in [7, 11) is 0. The maximum Gasteiger partial charge on any atom is 0.146 e. The van der Waals surface area contributed by atoms with Gasteiger partial charge in [-0.3, -0.25) is 0 Å². The van der Waals surface area contributed by atoms with Gasteiger partial charge >= 0.3 is 0 Å². The summed E-state index contributed by atoms with van der Waals surface area (Å²) < 4.78 is 0.799. The van der Waals surface area contributed by atoms with Gasteiger partial charge in [0.1, 0.15) is 5.38 Å². The number of hydrogen-bond donors (Lipinski definition) is 0. The molecule has 1 unspecified atom stereocenters. The molecule has 1 atom stereocenters. The van der Waals surface area contributed by atoms with Crippen molar-refractivity contribution in [1.82, 2.24) is 0 Å². The Morgan fingerprint density at radius 3 is 2.75 bits per heavy atom. The van der Waals surface area contributed by atoms with E-state index in [0.717, 1.165) is 4.47 Å². The van der Waals surface area contributed by atoms with E-state index in [1.165, 1.54) is 0 Å². The molecule has 0 aliphatic heterocycles. The van der Waals surface area contributed by atoms with Gasteiger partial charge in [0.2, 0.25) is 0 Å². The number of alkyl halides is 1. The minimum Gasteiger partial charge on any atom is -0.196 e. The Kier molecular flexibility index (Phi) is 3.39. The van der Waals surface area contributed by atoms with Gasteiger partial charge < -0.3 is 0 Å². The van der Waals surface area contributed by atoms with Gasteiger partial charge in [-0.05, 0) is 23.8 Å². The number of rotatable bonds is 1. The van der Waals surface area contributed by atoms with Gasteiger partial charge in [-0.1, -0.05) is 27.5 Å². The topological polar surface area (TPSA) is 23.8 Å². The summed E-state index contributed by atoms with van der Waals surface area (Å²) in [6.45, 7) is 0. The first-order valence-electron chi connectivity index (χ1n) is 3.14. The number of benzene rings is 1. The first-order chi connectivity index (χ1) is 5.65. The van der Waals surface area contributed by atoms with Gasteiger partial charge in [-0.25, -0.2) is 0 Å². The third kappa shape index (κ3) is 2.13. The fourth-order valence-electron chi connectivity index (χ4n) is 0.778. The average Bonchev–Trinajstić information content (AvgIpc) is 2.08. The van der Waals surface area contributed by atoms with Crippen LogP contribution < -0.4 is 0 Å². The Bertz CT molecular complexity index is 332. The highest BCUT2D eigenvalue weighted by molar-refractivity contribution is 9.10. The minimum atomic E-state index is -0.655. The highest BCUT2D eigenvalue weighted by atomic mass is 79.9. The zero-order valence-corrected chi connectivity index (χ0v) is 8.99. The normalized spacial score (nSPS) is 12.2. The third-order valence-corrected chi connectivity index (χ3v) is 2.63. The molecule has 0 aliphatic rings. The Morgan fingerprint density at radius 1 is 1.50 bits per heavy atom. The molecule has 62 valence electrons. The van der Waals surface area contributed by atoms with E-state index in [-0.39, 0.29) is 0 Å². The molecule has 1 rings (SSSR count). The molecule has 0 saturated heterocycles. The molecule has 4 heteroatoms. The predicted molar refractivity (Wildman–Crippen MR) is 53.4 cm³/mol. The monoisotopic (exact) mass is 263 g/mol. The molecule has 0 fully saturated rings. The van der Waals surface area contributed by atoms with E-state index < -0.39 is 5.38 Å². The van der Waals surface area contributed by atoms with E-state index in [2.05, 4.69) is 15.9 Å². The summed E-state index contributed by atoms with van der Waals surface area (Å²) in [5.74, 6) is 0. The maximum absolute atomic E-state index is 8.56. The molecular formula is C8H4BrCl2N. The van der Waals surface area contributed by atoms with Gasteiger partial charge in [-0.15, -0.1) is 11.6 Å². The molecule has 1 nitrogen and oxygen atoms in total. The molecule has 0 aliphatic carbocycles. The van der Waals surface area contributed by atoms with Crippen LogP contribution in [0.4, 0.5) is 0 Å². The lowest BCUT2D eigenvalue weighted by atomic mass is 10.2. The summed E-state index contributed by atoms with van der Waals surface area (Å²) in [5, 5.41) is 8.48. The molecule has 1 aromatic rings. The molecule has 0 aromatic heterocycles. The summed E-state index contributed by atoms with van der Waals surface area (Å²) in [6.07, 6.45) is 0. The molecule has 0 spiro atoms. The number of hydrogen-bond acceptors (Lipinski definition) is 1. The van der Waals surface area contributed by atoms with Crippen LogP contribution in [0, 0.1) is 11.3 Å². The summed E-state index contributed by atoms with van der Waals surface area (Å²) in [6, 6.07) is 7.10. The second kappa shape index (κ2) is 4.13. The van der Waals surface area contributed by atoms with Crippen molar-refractivity contribution in [1.29, 1.82) is 5.26 Å². The van der Waals surface area contributed by atoms with E-state index in [9.17, 15) is 0 Å². The number of halogens is 3. The largest absolute Gasteiger partial charge is 0.196 e. The summed E-state index contributed by atoms with van der Waals surface area (Å²) in [4.78, 5) is 0. The fourth-order valence-corrected chi connectivity index (χ4v) is 1.75. The second-order valence-corrected chi connectivity index (χ2v) is 3.88. The van der Waals surface area contributed by atoms with E-state index in [1.54, 1.807) is 18.2 Å². The minimum absolute atomic E-state index is 0.578. The zero-order chi connectivity index (χ0) is 9.14. The van der Waals surface area contributed by atoms with Crippen molar-refractivity contribution < 1.29 is 0 Å². The molecule has 12 heavy (non-hydrogen) atoms. The van der Waals surface area contributed by atoms with Crippen molar-refractivity contribution in [3.05, 3.63) is 33.3 Å². The number of nitriles is 1. The van der Waals surface area contributed by atoms with Gasteiger partial charge in [0, 0.05) is 9.50 Å².